The van der Waals surface area contributed by atoms with Gasteiger partial charge in [-0.25, -0.2) is 4.68 Å². The summed E-state index contributed by atoms with van der Waals surface area (Å²) >= 11 is 6.85. The van der Waals surface area contributed by atoms with E-state index in [0.717, 1.165) is 30.7 Å². The summed E-state index contributed by atoms with van der Waals surface area (Å²) in [6.45, 7) is 1.93. The summed E-state index contributed by atoms with van der Waals surface area (Å²) in [6, 6.07) is 8.47. The van der Waals surface area contributed by atoms with E-state index in [4.69, 9.17) is 9.41 Å². The van der Waals surface area contributed by atoms with Crippen LogP contribution in [-0.2, 0) is 0 Å². The third-order valence-corrected chi connectivity index (χ3v) is 5.89. The van der Waals surface area contributed by atoms with Gasteiger partial charge in [-0.2, -0.15) is 5.10 Å². The number of hydrogen-bond acceptors (Lipinski definition) is 5. The van der Waals surface area contributed by atoms with E-state index in [-0.39, 0.29) is 0 Å². The van der Waals surface area contributed by atoms with E-state index in [9.17, 15) is 0 Å². The molecule has 7 heteroatoms. The lowest BCUT2D eigenvalue weighted by atomic mass is 10.4. The smallest absolute Gasteiger partial charge is 0.206 e. The van der Waals surface area contributed by atoms with Gasteiger partial charge in [0.2, 0.25) is 4.80 Å². The fraction of sp³-hybridized carbons (Fsp3) is 0.250. The highest BCUT2D eigenvalue weighted by Crippen LogP contribution is 2.32. The second kappa shape index (κ2) is 6.22. The Morgan fingerprint density at radius 1 is 1.30 bits per heavy atom. The molecule has 0 spiro atoms. The zero-order valence-corrected chi connectivity index (χ0v) is 15.6. The van der Waals surface area contributed by atoms with Crippen molar-refractivity contribution >= 4 is 44.8 Å². The van der Waals surface area contributed by atoms with Gasteiger partial charge in [0.25, 0.3) is 0 Å². The number of thiophene rings is 1. The van der Waals surface area contributed by atoms with Crippen LogP contribution in [0.15, 0.2) is 47.9 Å². The molecule has 3 aromatic heterocycles. The van der Waals surface area contributed by atoms with Crippen LogP contribution in [0.2, 0.25) is 0 Å². The molecule has 1 fully saturated rings. The number of nitrogens with zero attached hydrogens (tertiary/aromatic N) is 3. The fourth-order valence-electron chi connectivity index (χ4n) is 2.12. The molecule has 0 aliphatic heterocycles. The Hall–Kier alpha value is -1.44. The van der Waals surface area contributed by atoms with Crippen LogP contribution < -0.4 is 4.80 Å². The highest BCUT2D eigenvalue weighted by molar-refractivity contribution is 9.11. The number of thiazole rings is 1. The first kappa shape index (κ1) is 15.1. The summed E-state index contributed by atoms with van der Waals surface area (Å²) in [6.07, 6.45) is 4.11. The van der Waals surface area contributed by atoms with Crippen molar-refractivity contribution in [1.29, 1.82) is 0 Å². The number of aromatic nitrogens is 1. The lowest BCUT2D eigenvalue weighted by Crippen LogP contribution is -2.12. The van der Waals surface area contributed by atoms with E-state index in [0.29, 0.717) is 6.04 Å². The van der Waals surface area contributed by atoms with Crippen molar-refractivity contribution in [3.63, 3.8) is 0 Å². The number of rotatable bonds is 4. The molecule has 0 aromatic carbocycles. The van der Waals surface area contributed by atoms with Gasteiger partial charge in [0.15, 0.2) is 0 Å². The van der Waals surface area contributed by atoms with Crippen molar-refractivity contribution in [3.05, 3.63) is 49.8 Å². The molecule has 23 heavy (non-hydrogen) atoms. The Balaban J connectivity index is 1.78. The average molecular weight is 408 g/mol. The van der Waals surface area contributed by atoms with Crippen LogP contribution in [0.4, 0.5) is 0 Å². The quantitative estimate of drug-likeness (QED) is 0.567. The fourth-order valence-corrected chi connectivity index (χ4v) is 4.48. The predicted octanol–water partition coefficient (Wildman–Crippen LogP) is 4.89. The summed E-state index contributed by atoms with van der Waals surface area (Å²) in [5.41, 5.74) is 1.06. The topological polar surface area (TPSA) is 42.8 Å². The third kappa shape index (κ3) is 3.41. The molecule has 0 atom stereocenters. The number of furan rings is 1. The normalized spacial score (nSPS) is 15.8. The first-order chi connectivity index (χ1) is 11.2. The molecule has 0 N–H and O–H groups in total. The van der Waals surface area contributed by atoms with Gasteiger partial charge >= 0.3 is 0 Å². The van der Waals surface area contributed by atoms with Gasteiger partial charge in [-0.3, -0.25) is 4.99 Å². The zero-order valence-electron chi connectivity index (χ0n) is 12.4. The molecule has 3 aromatic rings. The van der Waals surface area contributed by atoms with Gasteiger partial charge in [0.1, 0.15) is 11.5 Å². The average Bonchev–Trinajstić information content (AvgIpc) is 2.90. The summed E-state index contributed by atoms with van der Waals surface area (Å²) in [5.74, 6) is 1.63. The third-order valence-electron chi connectivity index (χ3n) is 3.41. The zero-order chi connectivity index (χ0) is 15.8. The van der Waals surface area contributed by atoms with Crippen LogP contribution in [0.5, 0.6) is 0 Å². The van der Waals surface area contributed by atoms with Crippen LogP contribution in [-0.4, -0.2) is 16.9 Å². The second-order valence-corrected chi connectivity index (χ2v) is 8.67. The first-order valence-corrected chi connectivity index (χ1v) is 9.79. The van der Waals surface area contributed by atoms with Crippen molar-refractivity contribution < 1.29 is 4.42 Å². The Morgan fingerprint density at radius 3 is 2.83 bits per heavy atom. The van der Waals surface area contributed by atoms with Crippen LogP contribution in [0.25, 0.3) is 10.6 Å². The summed E-state index contributed by atoms with van der Waals surface area (Å²) in [4.78, 5) is 6.87. The maximum Gasteiger partial charge on any atom is 0.206 e. The van der Waals surface area contributed by atoms with Gasteiger partial charge in [-0.05, 0) is 60.0 Å². The molecule has 1 saturated carbocycles. The van der Waals surface area contributed by atoms with Gasteiger partial charge in [0, 0.05) is 5.38 Å². The van der Waals surface area contributed by atoms with Gasteiger partial charge in [-0.15, -0.1) is 22.7 Å². The minimum atomic E-state index is 0.462. The van der Waals surface area contributed by atoms with Crippen LogP contribution >= 0.6 is 38.6 Å². The van der Waals surface area contributed by atoms with E-state index >= 15 is 0 Å². The molecule has 118 valence electrons. The van der Waals surface area contributed by atoms with Gasteiger partial charge in [-0.1, -0.05) is 0 Å². The summed E-state index contributed by atoms with van der Waals surface area (Å²) < 4.78 is 8.59. The predicted molar refractivity (Wildman–Crippen MR) is 98.3 cm³/mol. The van der Waals surface area contributed by atoms with E-state index in [1.165, 1.54) is 12.8 Å². The molecule has 3 heterocycles. The standard InChI is InChI=1S/C16H14BrN3OS2/c1-10-2-5-12(21-10)8-18-20-13(14-6-7-15(17)23-14)9-22-16(20)19-11-3-4-11/h2,5-9,11H,3-4H2,1H3. The van der Waals surface area contributed by atoms with Crippen LogP contribution in [0.1, 0.15) is 24.4 Å². The Bertz CT molecular complexity index is 927. The number of aryl methyl sites for hydroxylation is 1. The monoisotopic (exact) mass is 407 g/mol. The van der Waals surface area contributed by atoms with Crippen LogP contribution in [0.3, 0.4) is 0 Å². The number of halogens is 1. The molecular weight excluding hydrogens is 394 g/mol. The molecule has 4 nitrogen and oxygen atoms in total. The van der Waals surface area contributed by atoms with Crippen molar-refractivity contribution in [2.75, 3.05) is 0 Å². The molecule has 0 bridgehead atoms. The van der Waals surface area contributed by atoms with Crippen LogP contribution in [0, 0.1) is 6.92 Å². The highest BCUT2D eigenvalue weighted by Gasteiger charge is 2.21. The lowest BCUT2D eigenvalue weighted by molar-refractivity contribution is 0.527. The summed E-state index contributed by atoms with van der Waals surface area (Å²) in [7, 11) is 0. The molecule has 1 aliphatic rings. The molecule has 1 aliphatic carbocycles. The second-order valence-electron chi connectivity index (χ2n) is 5.37. The molecule has 0 unspecified atom stereocenters. The molecule has 4 rings (SSSR count). The first-order valence-electron chi connectivity index (χ1n) is 7.30. The van der Waals surface area contributed by atoms with E-state index in [1.807, 2.05) is 23.7 Å². The highest BCUT2D eigenvalue weighted by atomic mass is 79.9. The largest absolute Gasteiger partial charge is 0.460 e. The molecule has 0 radical (unpaired) electrons. The Morgan fingerprint density at radius 2 is 2.17 bits per heavy atom. The SMILES string of the molecule is Cc1ccc(C=Nn2c(-c3ccc(Br)s3)csc2=NC2CC2)o1. The number of hydrogen-bond donors (Lipinski definition) is 0. The van der Waals surface area contributed by atoms with E-state index in [1.54, 1.807) is 28.9 Å². The Labute approximate surface area is 149 Å². The minimum Gasteiger partial charge on any atom is -0.460 e. The lowest BCUT2D eigenvalue weighted by Gasteiger charge is -2.00. The maximum absolute atomic E-state index is 5.57. The van der Waals surface area contributed by atoms with Crippen molar-refractivity contribution in [1.82, 2.24) is 4.68 Å². The summed E-state index contributed by atoms with van der Waals surface area (Å²) in [5, 5.41) is 6.74. The van der Waals surface area contributed by atoms with E-state index < -0.39 is 0 Å². The van der Waals surface area contributed by atoms with Crippen molar-refractivity contribution in [2.24, 2.45) is 10.1 Å². The minimum absolute atomic E-state index is 0.462. The maximum atomic E-state index is 5.57. The Kier molecular flexibility index (Phi) is 4.09. The van der Waals surface area contributed by atoms with Gasteiger partial charge in [0.05, 0.1) is 26.6 Å². The van der Waals surface area contributed by atoms with Crippen molar-refractivity contribution in [3.8, 4) is 10.6 Å². The molecular formula is C16H14BrN3OS2. The van der Waals surface area contributed by atoms with E-state index in [2.05, 4.69) is 38.5 Å². The van der Waals surface area contributed by atoms with Gasteiger partial charge < -0.3 is 4.42 Å². The molecule has 0 amide bonds. The van der Waals surface area contributed by atoms with Crippen molar-refractivity contribution in [2.45, 2.75) is 25.8 Å². The molecule has 0 saturated heterocycles.